The van der Waals surface area contributed by atoms with Crippen molar-refractivity contribution in [3.8, 4) is 5.75 Å². The highest BCUT2D eigenvalue weighted by Gasteiger charge is 2.31. The van der Waals surface area contributed by atoms with E-state index in [1.165, 1.54) is 10.4 Å². The number of fused-ring (bicyclic) bond motifs is 1. The summed E-state index contributed by atoms with van der Waals surface area (Å²) < 4.78 is 5.76. The highest BCUT2D eigenvalue weighted by Crippen LogP contribution is 2.41. The average Bonchev–Trinajstić information content (AvgIpc) is 3.01. The molecule has 17 heavy (non-hydrogen) atoms. The van der Waals surface area contributed by atoms with Crippen molar-refractivity contribution in [1.29, 1.82) is 0 Å². The Kier molecular flexibility index (Phi) is 2.87. The molecule has 3 rings (SSSR count). The molecule has 0 fully saturated rings. The maximum absolute atomic E-state index is 5.76. The summed E-state index contributed by atoms with van der Waals surface area (Å²) in [5.41, 5.74) is 1.32. The molecule has 2 aromatic rings. The molecule has 2 heterocycles. The predicted molar refractivity (Wildman–Crippen MR) is 70.8 cm³/mol. The van der Waals surface area contributed by atoms with Crippen LogP contribution in [-0.4, -0.2) is 13.7 Å². The molecular formula is C14H15NOS. The number of likely N-dealkylation sites (N-methyl/N-ethyl adjacent to an activating group) is 1. The molecule has 0 saturated heterocycles. The Morgan fingerprint density at radius 3 is 2.94 bits per heavy atom. The van der Waals surface area contributed by atoms with Crippen molar-refractivity contribution in [3.63, 3.8) is 0 Å². The van der Waals surface area contributed by atoms with E-state index in [0.29, 0.717) is 12.0 Å². The molecule has 1 N–H and O–H groups in total. The zero-order valence-corrected chi connectivity index (χ0v) is 10.5. The number of para-hydroxylation sites is 1. The first kappa shape index (κ1) is 10.8. The predicted octanol–water partition coefficient (Wildman–Crippen LogP) is 3.18. The molecule has 1 aliphatic heterocycles. The van der Waals surface area contributed by atoms with Crippen LogP contribution >= 0.6 is 11.3 Å². The van der Waals surface area contributed by atoms with E-state index in [9.17, 15) is 0 Å². The number of thiophene rings is 1. The highest BCUT2D eigenvalue weighted by atomic mass is 32.1. The SMILES string of the molecule is CNC(c1cccs1)C1COc2ccccc21. The zero-order valence-electron chi connectivity index (χ0n) is 9.72. The van der Waals surface area contributed by atoms with Crippen molar-refractivity contribution in [1.82, 2.24) is 5.32 Å². The van der Waals surface area contributed by atoms with Crippen LogP contribution in [0.3, 0.4) is 0 Å². The Morgan fingerprint density at radius 1 is 1.29 bits per heavy atom. The second-order valence-electron chi connectivity index (χ2n) is 4.24. The standard InChI is InChI=1S/C14H15NOS/c1-15-14(13-7-4-8-17-13)11-9-16-12-6-3-2-5-10(11)12/h2-8,11,14-15H,9H2,1H3. The van der Waals surface area contributed by atoms with Crippen molar-refractivity contribution < 1.29 is 4.74 Å². The monoisotopic (exact) mass is 245 g/mol. The van der Waals surface area contributed by atoms with E-state index >= 15 is 0 Å². The molecule has 2 nitrogen and oxygen atoms in total. The number of nitrogens with one attached hydrogen (secondary N) is 1. The van der Waals surface area contributed by atoms with E-state index in [2.05, 4.69) is 41.0 Å². The molecule has 1 aromatic heterocycles. The third kappa shape index (κ3) is 1.85. The van der Waals surface area contributed by atoms with Crippen LogP contribution in [0.25, 0.3) is 0 Å². The van der Waals surface area contributed by atoms with Gasteiger partial charge in [0.1, 0.15) is 5.75 Å². The third-order valence-electron chi connectivity index (χ3n) is 3.30. The fraction of sp³-hybridized carbons (Fsp3) is 0.286. The van der Waals surface area contributed by atoms with Gasteiger partial charge >= 0.3 is 0 Å². The Labute approximate surface area is 105 Å². The van der Waals surface area contributed by atoms with E-state index in [-0.39, 0.29) is 0 Å². The van der Waals surface area contributed by atoms with Crippen LogP contribution in [0.5, 0.6) is 5.75 Å². The van der Waals surface area contributed by atoms with E-state index in [1.54, 1.807) is 11.3 Å². The zero-order chi connectivity index (χ0) is 11.7. The largest absolute Gasteiger partial charge is 0.493 e. The van der Waals surface area contributed by atoms with Crippen molar-refractivity contribution in [2.24, 2.45) is 0 Å². The molecular weight excluding hydrogens is 230 g/mol. The summed E-state index contributed by atoms with van der Waals surface area (Å²) in [5, 5.41) is 5.54. The molecule has 2 unspecified atom stereocenters. The minimum absolute atomic E-state index is 0.346. The fourth-order valence-electron chi connectivity index (χ4n) is 2.47. The third-order valence-corrected chi connectivity index (χ3v) is 4.26. The van der Waals surface area contributed by atoms with Gasteiger partial charge in [-0.25, -0.2) is 0 Å². The second-order valence-corrected chi connectivity index (χ2v) is 5.22. The summed E-state index contributed by atoms with van der Waals surface area (Å²) >= 11 is 1.80. The number of hydrogen-bond donors (Lipinski definition) is 1. The molecule has 88 valence electrons. The summed E-state index contributed by atoms with van der Waals surface area (Å²) in [6.07, 6.45) is 0. The molecule has 0 amide bonds. The Balaban J connectivity index is 1.95. The average molecular weight is 245 g/mol. The molecule has 0 bridgehead atoms. The number of rotatable bonds is 3. The molecule has 2 atom stereocenters. The summed E-state index contributed by atoms with van der Waals surface area (Å²) in [5.74, 6) is 1.45. The first-order chi connectivity index (χ1) is 8.40. The topological polar surface area (TPSA) is 21.3 Å². The summed E-state index contributed by atoms with van der Waals surface area (Å²) in [6, 6.07) is 13.0. The maximum Gasteiger partial charge on any atom is 0.122 e. The Morgan fingerprint density at radius 2 is 2.18 bits per heavy atom. The summed E-state index contributed by atoms with van der Waals surface area (Å²) in [6.45, 7) is 0.767. The fourth-order valence-corrected chi connectivity index (χ4v) is 3.37. The molecule has 0 aliphatic carbocycles. The van der Waals surface area contributed by atoms with Gasteiger partial charge in [0.15, 0.2) is 0 Å². The van der Waals surface area contributed by atoms with Gasteiger partial charge in [-0.2, -0.15) is 0 Å². The van der Waals surface area contributed by atoms with E-state index in [0.717, 1.165) is 12.4 Å². The van der Waals surface area contributed by atoms with Gasteiger partial charge in [0.25, 0.3) is 0 Å². The van der Waals surface area contributed by atoms with Crippen molar-refractivity contribution >= 4 is 11.3 Å². The van der Waals surface area contributed by atoms with Gasteiger partial charge in [-0.15, -0.1) is 11.3 Å². The minimum atomic E-state index is 0.346. The molecule has 3 heteroatoms. The van der Waals surface area contributed by atoms with Gasteiger partial charge in [-0.05, 0) is 24.6 Å². The van der Waals surface area contributed by atoms with Gasteiger partial charge in [0, 0.05) is 16.4 Å². The number of ether oxygens (including phenoxy) is 1. The summed E-state index contributed by atoms with van der Waals surface area (Å²) in [4.78, 5) is 1.37. The molecule has 0 spiro atoms. The van der Waals surface area contributed by atoms with Gasteiger partial charge < -0.3 is 10.1 Å². The van der Waals surface area contributed by atoms with Crippen LogP contribution in [0.4, 0.5) is 0 Å². The van der Waals surface area contributed by atoms with E-state index in [4.69, 9.17) is 4.74 Å². The molecule has 1 aliphatic rings. The number of benzene rings is 1. The first-order valence-electron chi connectivity index (χ1n) is 5.82. The summed E-state index contributed by atoms with van der Waals surface area (Å²) in [7, 11) is 2.02. The Hall–Kier alpha value is -1.32. The van der Waals surface area contributed by atoms with Crippen LogP contribution in [0.1, 0.15) is 22.4 Å². The molecule has 0 radical (unpaired) electrons. The number of hydrogen-bond acceptors (Lipinski definition) is 3. The lowest BCUT2D eigenvalue weighted by atomic mass is 9.92. The van der Waals surface area contributed by atoms with Gasteiger partial charge in [-0.1, -0.05) is 24.3 Å². The van der Waals surface area contributed by atoms with Crippen LogP contribution in [0.15, 0.2) is 41.8 Å². The minimum Gasteiger partial charge on any atom is -0.493 e. The highest BCUT2D eigenvalue weighted by molar-refractivity contribution is 7.10. The normalized spacial score (nSPS) is 19.7. The second kappa shape index (κ2) is 4.51. The lowest BCUT2D eigenvalue weighted by Gasteiger charge is -2.21. The van der Waals surface area contributed by atoms with Crippen LogP contribution in [0.2, 0.25) is 0 Å². The van der Waals surface area contributed by atoms with Gasteiger partial charge in [0.05, 0.1) is 12.6 Å². The Bertz CT molecular complexity index is 495. The van der Waals surface area contributed by atoms with Crippen molar-refractivity contribution in [2.75, 3.05) is 13.7 Å². The van der Waals surface area contributed by atoms with Crippen LogP contribution in [0, 0.1) is 0 Å². The lowest BCUT2D eigenvalue weighted by molar-refractivity contribution is 0.305. The van der Waals surface area contributed by atoms with Crippen LogP contribution < -0.4 is 10.1 Å². The van der Waals surface area contributed by atoms with Gasteiger partial charge in [0.2, 0.25) is 0 Å². The van der Waals surface area contributed by atoms with E-state index in [1.807, 2.05) is 13.1 Å². The molecule has 1 aromatic carbocycles. The van der Waals surface area contributed by atoms with E-state index < -0.39 is 0 Å². The first-order valence-corrected chi connectivity index (χ1v) is 6.70. The molecule has 0 saturated carbocycles. The van der Waals surface area contributed by atoms with Crippen molar-refractivity contribution in [3.05, 3.63) is 52.2 Å². The quantitative estimate of drug-likeness (QED) is 0.896. The maximum atomic E-state index is 5.76. The van der Waals surface area contributed by atoms with Crippen molar-refractivity contribution in [2.45, 2.75) is 12.0 Å². The van der Waals surface area contributed by atoms with Crippen LogP contribution in [-0.2, 0) is 0 Å². The lowest BCUT2D eigenvalue weighted by Crippen LogP contribution is -2.24. The smallest absolute Gasteiger partial charge is 0.122 e. The van der Waals surface area contributed by atoms with Gasteiger partial charge in [-0.3, -0.25) is 0 Å².